The molecule has 1 aliphatic rings. The van der Waals surface area contributed by atoms with E-state index in [0.29, 0.717) is 16.8 Å². The van der Waals surface area contributed by atoms with Gasteiger partial charge in [0.2, 0.25) is 0 Å². The van der Waals surface area contributed by atoms with Gasteiger partial charge >= 0.3 is 5.97 Å². The lowest BCUT2D eigenvalue weighted by atomic mass is 9.92. The van der Waals surface area contributed by atoms with Gasteiger partial charge in [-0.3, -0.25) is 14.5 Å². The first-order chi connectivity index (χ1) is 17.7. The Morgan fingerprint density at radius 1 is 1.00 bits per heavy atom. The van der Waals surface area contributed by atoms with Gasteiger partial charge in [-0.05, 0) is 61.4 Å². The van der Waals surface area contributed by atoms with Gasteiger partial charge in [-0.25, -0.2) is 4.79 Å². The molecule has 7 nitrogen and oxygen atoms in total. The standard InChI is InChI=1S/C28H23Cl2NO6/c1-4-37-28(35)16-9-11-18(12-10-16)31-23(19-8-6-5-7-15(19)2)22(25(33)27(31)34)24(32)17-13-20(29)26(36-3)21(30)14-17/h5-14,23,32H,4H2,1-3H3/b24-22+. The minimum atomic E-state index is -0.950. The molecule has 0 aliphatic carbocycles. The Labute approximate surface area is 223 Å². The molecular formula is C28H23Cl2NO6. The Balaban J connectivity index is 1.91. The smallest absolute Gasteiger partial charge is 0.338 e. The van der Waals surface area contributed by atoms with Gasteiger partial charge in [0.1, 0.15) is 5.76 Å². The van der Waals surface area contributed by atoms with E-state index in [0.717, 1.165) is 5.56 Å². The molecule has 1 aliphatic heterocycles. The van der Waals surface area contributed by atoms with E-state index >= 15 is 0 Å². The van der Waals surface area contributed by atoms with E-state index in [4.69, 9.17) is 32.7 Å². The van der Waals surface area contributed by atoms with Crippen LogP contribution in [-0.2, 0) is 14.3 Å². The van der Waals surface area contributed by atoms with Crippen molar-refractivity contribution in [3.8, 4) is 5.75 Å². The minimum absolute atomic E-state index is 0.119. The molecule has 3 aromatic rings. The van der Waals surface area contributed by atoms with Gasteiger partial charge in [-0.2, -0.15) is 0 Å². The number of hydrogen-bond donors (Lipinski definition) is 1. The molecular weight excluding hydrogens is 517 g/mol. The quantitative estimate of drug-likeness (QED) is 0.176. The van der Waals surface area contributed by atoms with Crippen LogP contribution in [-0.4, -0.2) is 36.5 Å². The van der Waals surface area contributed by atoms with Crippen LogP contribution in [0.15, 0.2) is 66.2 Å². The zero-order valence-electron chi connectivity index (χ0n) is 20.2. The Morgan fingerprint density at radius 2 is 1.62 bits per heavy atom. The second-order valence-electron chi connectivity index (χ2n) is 8.27. The molecule has 1 heterocycles. The summed E-state index contributed by atoms with van der Waals surface area (Å²) in [6.45, 7) is 3.78. The molecule has 3 aromatic carbocycles. The molecule has 0 radical (unpaired) electrons. The SMILES string of the molecule is CCOC(=O)c1ccc(N2C(=O)C(=O)/C(=C(/O)c3cc(Cl)c(OC)c(Cl)c3)C2c2ccccc2C)cc1. The van der Waals surface area contributed by atoms with E-state index < -0.39 is 29.5 Å². The van der Waals surface area contributed by atoms with Gasteiger partial charge in [0.05, 0.1) is 40.9 Å². The van der Waals surface area contributed by atoms with Crippen molar-refractivity contribution in [3.05, 3.63) is 98.5 Å². The molecule has 37 heavy (non-hydrogen) atoms. The average molecular weight is 540 g/mol. The molecule has 1 unspecified atom stereocenters. The zero-order chi connectivity index (χ0) is 26.9. The Morgan fingerprint density at radius 3 is 2.19 bits per heavy atom. The van der Waals surface area contributed by atoms with Crippen molar-refractivity contribution >= 4 is 52.3 Å². The van der Waals surface area contributed by atoms with E-state index in [2.05, 4.69) is 0 Å². The molecule has 1 fully saturated rings. The maximum atomic E-state index is 13.4. The summed E-state index contributed by atoms with van der Waals surface area (Å²) in [6.07, 6.45) is 0. The largest absolute Gasteiger partial charge is 0.507 e. The van der Waals surface area contributed by atoms with Gasteiger partial charge in [0.15, 0.2) is 5.75 Å². The monoisotopic (exact) mass is 539 g/mol. The number of ketones is 1. The maximum Gasteiger partial charge on any atom is 0.338 e. The third-order valence-electron chi connectivity index (χ3n) is 6.06. The number of Topliss-reactive ketones (excluding diaryl/α,β-unsaturated/α-hetero) is 1. The molecule has 0 saturated carbocycles. The number of anilines is 1. The van der Waals surface area contributed by atoms with E-state index in [1.165, 1.54) is 36.3 Å². The average Bonchev–Trinajstić information content (AvgIpc) is 3.14. The fraction of sp³-hybridized carbons (Fsp3) is 0.179. The Hall–Kier alpha value is -3.81. The maximum absolute atomic E-state index is 13.4. The normalized spacial score (nSPS) is 16.7. The third-order valence-corrected chi connectivity index (χ3v) is 6.62. The molecule has 1 atom stereocenters. The third kappa shape index (κ3) is 4.80. The molecule has 0 aromatic heterocycles. The Kier molecular flexibility index (Phi) is 7.57. The van der Waals surface area contributed by atoms with Gasteiger partial charge < -0.3 is 14.6 Å². The highest BCUT2D eigenvalue weighted by Crippen LogP contribution is 2.44. The predicted molar refractivity (Wildman–Crippen MR) is 141 cm³/mol. The van der Waals surface area contributed by atoms with E-state index in [9.17, 15) is 19.5 Å². The number of methoxy groups -OCH3 is 1. The summed E-state index contributed by atoms with van der Waals surface area (Å²) in [5.74, 6) is -2.41. The lowest BCUT2D eigenvalue weighted by Crippen LogP contribution is -2.29. The van der Waals surface area contributed by atoms with Gasteiger partial charge in [-0.1, -0.05) is 47.5 Å². The molecule has 1 amide bonds. The number of hydrogen-bond acceptors (Lipinski definition) is 6. The lowest BCUT2D eigenvalue weighted by Gasteiger charge is -2.26. The number of rotatable bonds is 6. The highest BCUT2D eigenvalue weighted by molar-refractivity contribution is 6.51. The van der Waals surface area contributed by atoms with Gasteiger partial charge in [0, 0.05) is 11.3 Å². The van der Waals surface area contributed by atoms with Crippen molar-refractivity contribution in [3.63, 3.8) is 0 Å². The highest BCUT2D eigenvalue weighted by Gasteiger charge is 2.47. The number of halogens is 2. The molecule has 9 heteroatoms. The number of aliphatic hydroxyl groups excluding tert-OH is 1. The summed E-state index contributed by atoms with van der Waals surface area (Å²) < 4.78 is 10.2. The second-order valence-corrected chi connectivity index (χ2v) is 9.08. The van der Waals surface area contributed by atoms with E-state index in [1.54, 1.807) is 31.2 Å². The van der Waals surface area contributed by atoms with Crippen molar-refractivity contribution in [1.29, 1.82) is 0 Å². The number of carbonyl (C=O) groups is 3. The topological polar surface area (TPSA) is 93.1 Å². The number of nitrogens with zero attached hydrogens (tertiary/aromatic N) is 1. The molecule has 1 N–H and O–H groups in total. The van der Waals surface area contributed by atoms with Crippen molar-refractivity contribution in [2.24, 2.45) is 0 Å². The van der Waals surface area contributed by atoms with Crippen LogP contribution >= 0.6 is 23.2 Å². The molecule has 0 spiro atoms. The van der Waals surface area contributed by atoms with Crippen LogP contribution in [0, 0.1) is 6.92 Å². The highest BCUT2D eigenvalue weighted by atomic mass is 35.5. The summed E-state index contributed by atoms with van der Waals surface area (Å²) in [6, 6.07) is 15.3. The van der Waals surface area contributed by atoms with Crippen LogP contribution in [0.25, 0.3) is 5.76 Å². The summed E-state index contributed by atoms with van der Waals surface area (Å²) in [7, 11) is 1.41. The number of benzene rings is 3. The molecule has 1 saturated heterocycles. The molecule has 4 rings (SSSR count). The van der Waals surface area contributed by atoms with Crippen molar-refractivity contribution in [2.75, 3.05) is 18.6 Å². The van der Waals surface area contributed by atoms with Crippen molar-refractivity contribution in [1.82, 2.24) is 0 Å². The minimum Gasteiger partial charge on any atom is -0.507 e. The Bertz CT molecular complexity index is 1410. The lowest BCUT2D eigenvalue weighted by molar-refractivity contribution is -0.132. The van der Waals surface area contributed by atoms with Crippen LogP contribution < -0.4 is 9.64 Å². The van der Waals surface area contributed by atoms with Crippen molar-refractivity contribution < 1.29 is 29.0 Å². The number of esters is 1. The second kappa shape index (κ2) is 10.7. The summed E-state index contributed by atoms with van der Waals surface area (Å²) in [4.78, 5) is 40.1. The van der Waals surface area contributed by atoms with E-state index in [-0.39, 0.29) is 33.5 Å². The van der Waals surface area contributed by atoms with E-state index in [1.807, 2.05) is 19.1 Å². The number of aliphatic hydroxyl groups is 1. The predicted octanol–water partition coefficient (Wildman–Crippen LogP) is 6.11. The number of aryl methyl sites for hydroxylation is 1. The van der Waals surface area contributed by atoms with Crippen LogP contribution in [0.2, 0.25) is 10.0 Å². The molecule has 190 valence electrons. The first-order valence-corrected chi connectivity index (χ1v) is 12.1. The zero-order valence-corrected chi connectivity index (χ0v) is 21.8. The van der Waals surface area contributed by atoms with Crippen molar-refractivity contribution in [2.45, 2.75) is 19.9 Å². The summed E-state index contributed by atoms with van der Waals surface area (Å²) in [5.41, 5.74) is 2.16. The van der Waals surface area contributed by atoms with Crippen LogP contribution in [0.5, 0.6) is 5.75 Å². The van der Waals surface area contributed by atoms with Crippen LogP contribution in [0.1, 0.15) is 40.0 Å². The van der Waals surface area contributed by atoms with Gasteiger partial charge in [-0.15, -0.1) is 0 Å². The number of amides is 1. The first-order valence-electron chi connectivity index (χ1n) is 11.4. The fourth-order valence-electron chi connectivity index (χ4n) is 4.31. The number of ether oxygens (including phenoxy) is 2. The first kappa shape index (κ1) is 26.3. The van der Waals surface area contributed by atoms with Gasteiger partial charge in [0.25, 0.3) is 11.7 Å². The van der Waals surface area contributed by atoms with Crippen LogP contribution in [0.4, 0.5) is 5.69 Å². The summed E-state index contributed by atoms with van der Waals surface area (Å²) >= 11 is 12.5. The number of carbonyl (C=O) groups excluding carboxylic acids is 3. The fourth-order valence-corrected chi connectivity index (χ4v) is 4.95. The summed E-state index contributed by atoms with van der Waals surface area (Å²) in [5, 5.41) is 11.6. The molecule has 0 bridgehead atoms. The van der Waals surface area contributed by atoms with Crippen LogP contribution in [0.3, 0.4) is 0 Å².